The van der Waals surface area contributed by atoms with E-state index < -0.39 is 10.0 Å². The second-order valence-electron chi connectivity index (χ2n) is 7.84. The molecule has 2 heterocycles. The maximum atomic E-state index is 12.7. The first-order valence-corrected chi connectivity index (χ1v) is 11.6. The number of benzene rings is 2. The Kier molecular flexibility index (Phi) is 5.61. The fraction of sp³-hybridized carbons (Fsp3) is 0.409. The molecule has 0 radical (unpaired) electrons. The third-order valence-electron chi connectivity index (χ3n) is 5.76. The number of hydrogen-bond acceptors (Lipinski definition) is 4. The summed E-state index contributed by atoms with van der Waals surface area (Å²) in [5.41, 5.74) is 4.24. The molecule has 2 aliphatic rings. The number of anilines is 1. The summed E-state index contributed by atoms with van der Waals surface area (Å²) in [7, 11) is -3.42. The Morgan fingerprint density at radius 1 is 1.10 bits per heavy atom. The van der Waals surface area contributed by atoms with Gasteiger partial charge in [-0.2, -0.15) is 4.31 Å². The van der Waals surface area contributed by atoms with Gasteiger partial charge in [0.25, 0.3) is 0 Å². The molecule has 1 fully saturated rings. The van der Waals surface area contributed by atoms with Crippen LogP contribution in [0.4, 0.5) is 5.69 Å². The highest BCUT2D eigenvalue weighted by Gasteiger charge is 2.28. The van der Waals surface area contributed by atoms with E-state index in [4.69, 9.17) is 0 Å². The quantitative estimate of drug-likeness (QED) is 0.790. The third-order valence-corrected chi connectivity index (χ3v) is 7.67. The molecule has 0 aliphatic carbocycles. The molecule has 29 heavy (non-hydrogen) atoms. The topological polar surface area (TPSA) is 78.5 Å². The van der Waals surface area contributed by atoms with Gasteiger partial charge >= 0.3 is 0 Å². The van der Waals surface area contributed by atoms with Crippen LogP contribution in [0.25, 0.3) is 0 Å². The maximum Gasteiger partial charge on any atom is 0.243 e. The monoisotopic (exact) mass is 413 g/mol. The molecule has 6 nitrogen and oxygen atoms in total. The molecule has 1 atom stereocenters. The van der Waals surface area contributed by atoms with Crippen LogP contribution in [-0.2, 0) is 27.8 Å². The summed E-state index contributed by atoms with van der Waals surface area (Å²) in [4.78, 5) is 12.9. The Hall–Kier alpha value is -2.38. The van der Waals surface area contributed by atoms with Crippen LogP contribution in [0, 0.1) is 6.92 Å². The van der Waals surface area contributed by atoms with Crippen LogP contribution in [0.15, 0.2) is 47.4 Å². The molecule has 0 spiro atoms. The summed E-state index contributed by atoms with van der Waals surface area (Å²) in [5, 5.41) is 6.26. The highest BCUT2D eigenvalue weighted by Crippen LogP contribution is 2.29. The molecule has 2 N–H and O–H groups in total. The van der Waals surface area contributed by atoms with E-state index in [-0.39, 0.29) is 11.9 Å². The molecule has 7 heteroatoms. The lowest BCUT2D eigenvalue weighted by Gasteiger charge is -2.25. The van der Waals surface area contributed by atoms with Crippen molar-refractivity contribution in [3.05, 3.63) is 59.2 Å². The number of para-hydroxylation sites is 1. The second-order valence-corrected chi connectivity index (χ2v) is 9.77. The Balaban J connectivity index is 1.35. The van der Waals surface area contributed by atoms with Gasteiger partial charge < -0.3 is 10.6 Å². The predicted octanol–water partition coefficient (Wildman–Crippen LogP) is 2.82. The zero-order valence-electron chi connectivity index (χ0n) is 16.6. The van der Waals surface area contributed by atoms with Gasteiger partial charge in [0, 0.05) is 31.7 Å². The fourth-order valence-corrected chi connectivity index (χ4v) is 5.57. The van der Waals surface area contributed by atoms with Crippen LogP contribution < -0.4 is 10.6 Å². The van der Waals surface area contributed by atoms with Gasteiger partial charge in [0.05, 0.1) is 4.90 Å². The van der Waals surface area contributed by atoms with E-state index in [2.05, 4.69) is 10.6 Å². The van der Waals surface area contributed by atoms with Crippen LogP contribution in [0.2, 0.25) is 0 Å². The van der Waals surface area contributed by atoms with Gasteiger partial charge in [-0.05, 0) is 48.6 Å². The zero-order chi connectivity index (χ0) is 20.4. The third kappa shape index (κ3) is 4.16. The van der Waals surface area contributed by atoms with E-state index in [1.807, 2.05) is 25.1 Å². The number of carbonyl (C=O) groups is 1. The summed E-state index contributed by atoms with van der Waals surface area (Å²) in [6.45, 7) is 3.59. The van der Waals surface area contributed by atoms with E-state index in [1.165, 1.54) is 0 Å². The molecule has 0 saturated carbocycles. The molecule has 2 aliphatic heterocycles. The summed E-state index contributed by atoms with van der Waals surface area (Å²) in [6, 6.07) is 12.6. The van der Waals surface area contributed by atoms with Crippen molar-refractivity contribution in [3.8, 4) is 0 Å². The van der Waals surface area contributed by atoms with E-state index in [0.29, 0.717) is 31.0 Å². The molecule has 0 bridgehead atoms. The van der Waals surface area contributed by atoms with Crippen molar-refractivity contribution in [2.24, 2.45) is 0 Å². The smallest absolute Gasteiger partial charge is 0.243 e. The number of carbonyl (C=O) groups excluding carboxylic acids is 1. The zero-order valence-corrected chi connectivity index (χ0v) is 17.5. The van der Waals surface area contributed by atoms with Crippen LogP contribution in [-0.4, -0.2) is 37.8 Å². The van der Waals surface area contributed by atoms with Gasteiger partial charge in [-0.25, -0.2) is 8.42 Å². The van der Waals surface area contributed by atoms with Gasteiger partial charge in [0.1, 0.15) is 6.04 Å². The van der Waals surface area contributed by atoms with Crippen molar-refractivity contribution in [2.45, 2.75) is 50.1 Å². The highest BCUT2D eigenvalue weighted by molar-refractivity contribution is 7.89. The minimum absolute atomic E-state index is 0.0504. The molecule has 2 aromatic rings. The summed E-state index contributed by atoms with van der Waals surface area (Å²) in [6.07, 6.45) is 3.60. The molecular weight excluding hydrogens is 386 g/mol. The van der Waals surface area contributed by atoms with Crippen molar-refractivity contribution in [2.75, 3.05) is 18.4 Å². The average molecular weight is 414 g/mol. The van der Waals surface area contributed by atoms with Crippen molar-refractivity contribution >= 4 is 21.6 Å². The van der Waals surface area contributed by atoms with Crippen LogP contribution >= 0.6 is 0 Å². The molecule has 1 saturated heterocycles. The van der Waals surface area contributed by atoms with Crippen LogP contribution in [0.1, 0.15) is 36.0 Å². The Morgan fingerprint density at radius 2 is 1.83 bits per heavy atom. The largest absolute Gasteiger partial charge is 0.373 e. The van der Waals surface area contributed by atoms with Crippen molar-refractivity contribution in [3.63, 3.8) is 0 Å². The van der Waals surface area contributed by atoms with Crippen molar-refractivity contribution in [1.82, 2.24) is 9.62 Å². The number of nitrogens with zero attached hydrogens (tertiary/aromatic N) is 1. The summed E-state index contributed by atoms with van der Waals surface area (Å²) < 4.78 is 27.0. The van der Waals surface area contributed by atoms with Crippen molar-refractivity contribution in [1.29, 1.82) is 0 Å². The molecule has 0 aromatic heterocycles. The first kappa shape index (κ1) is 19.9. The van der Waals surface area contributed by atoms with Gasteiger partial charge in [0.2, 0.25) is 15.9 Å². The minimum atomic E-state index is -3.42. The van der Waals surface area contributed by atoms with Gasteiger partial charge in [-0.15, -0.1) is 0 Å². The number of rotatable bonds is 5. The number of fused-ring (bicyclic) bond motifs is 1. The number of nitrogens with one attached hydrogen (secondary N) is 2. The number of aryl methyl sites for hydroxylation is 1. The first-order chi connectivity index (χ1) is 13.9. The lowest BCUT2D eigenvalue weighted by atomic mass is 10.1. The number of piperidine rings is 1. The lowest BCUT2D eigenvalue weighted by Crippen LogP contribution is -2.38. The Bertz CT molecular complexity index is 996. The van der Waals surface area contributed by atoms with Gasteiger partial charge in [-0.3, -0.25) is 4.79 Å². The predicted molar refractivity (Wildman–Crippen MR) is 113 cm³/mol. The van der Waals surface area contributed by atoms with Crippen LogP contribution in [0.5, 0.6) is 0 Å². The maximum absolute atomic E-state index is 12.7. The molecule has 1 unspecified atom stereocenters. The molecule has 2 aromatic carbocycles. The summed E-state index contributed by atoms with van der Waals surface area (Å²) >= 11 is 0. The Labute approximate surface area is 172 Å². The van der Waals surface area contributed by atoms with E-state index in [9.17, 15) is 13.2 Å². The summed E-state index contributed by atoms with van der Waals surface area (Å²) in [5.74, 6) is -0.0504. The average Bonchev–Trinajstić information content (AvgIpc) is 3.19. The minimum Gasteiger partial charge on any atom is -0.373 e. The van der Waals surface area contributed by atoms with E-state index in [1.54, 1.807) is 28.6 Å². The number of sulfonamides is 1. The SMILES string of the molecule is Cc1cccc2c1NC(C(=O)NCc1ccc(S(=O)(=O)N3CCCCC3)cc1)C2. The Morgan fingerprint density at radius 3 is 2.52 bits per heavy atom. The van der Waals surface area contributed by atoms with Crippen LogP contribution in [0.3, 0.4) is 0 Å². The first-order valence-electron chi connectivity index (χ1n) is 10.2. The molecule has 1 amide bonds. The number of hydrogen-bond donors (Lipinski definition) is 2. The normalized spacial score (nSPS) is 19.4. The molecule has 4 rings (SSSR count). The lowest BCUT2D eigenvalue weighted by molar-refractivity contribution is -0.121. The molecule has 154 valence electrons. The second kappa shape index (κ2) is 8.16. The number of amides is 1. The molecular formula is C22H27N3O3S. The van der Waals surface area contributed by atoms with Gasteiger partial charge in [0.15, 0.2) is 0 Å². The standard InChI is InChI=1S/C22H27N3O3S/c1-16-6-5-7-18-14-20(24-21(16)18)22(26)23-15-17-8-10-19(11-9-17)29(27,28)25-12-3-2-4-13-25/h5-11,20,24H,2-4,12-15H2,1H3,(H,23,26). The highest BCUT2D eigenvalue weighted by atomic mass is 32.2. The van der Waals surface area contributed by atoms with Crippen molar-refractivity contribution < 1.29 is 13.2 Å². The van der Waals surface area contributed by atoms with E-state index >= 15 is 0 Å². The van der Waals surface area contributed by atoms with E-state index in [0.717, 1.165) is 41.6 Å². The van der Waals surface area contributed by atoms with Gasteiger partial charge in [-0.1, -0.05) is 36.8 Å². The fourth-order valence-electron chi connectivity index (χ4n) is 4.05.